The highest BCUT2D eigenvalue weighted by Gasteiger charge is 2.44. The van der Waals surface area contributed by atoms with Crippen LogP contribution in [0.25, 0.3) is 33.4 Å². The third kappa shape index (κ3) is 18.4. The molecule has 3 aliphatic rings. The van der Waals surface area contributed by atoms with Gasteiger partial charge in [0.15, 0.2) is 0 Å². The summed E-state index contributed by atoms with van der Waals surface area (Å²) in [5, 5.41) is 24.9. The van der Waals surface area contributed by atoms with Crippen LogP contribution in [-0.4, -0.2) is 95.3 Å². The maximum Gasteiger partial charge on any atom is 0.410 e. The van der Waals surface area contributed by atoms with Crippen LogP contribution in [0.4, 0.5) is 26.7 Å². The second-order valence-corrected chi connectivity index (χ2v) is 27.3. The maximum absolute atomic E-state index is 13.3. The molecule has 12 rings (SSSR count). The molecule has 0 spiro atoms. The normalized spacial score (nSPS) is 18.5. The number of carbonyl (C=O) groups excluding carboxylic acids is 4. The molecule has 3 fully saturated rings. The van der Waals surface area contributed by atoms with Crippen LogP contribution in [-0.2, 0) is 23.9 Å². The molecule has 0 radical (unpaired) electrons. The second kappa shape index (κ2) is 30.6. The zero-order valence-corrected chi connectivity index (χ0v) is 53.9. The van der Waals surface area contributed by atoms with Gasteiger partial charge in [-0.3, -0.25) is 14.4 Å². The van der Waals surface area contributed by atoms with Crippen LogP contribution in [0.2, 0.25) is 0 Å². The van der Waals surface area contributed by atoms with Gasteiger partial charge in [-0.15, -0.1) is 34.0 Å². The van der Waals surface area contributed by atoms with E-state index < -0.39 is 29.2 Å². The number of hydrogen-bond donors (Lipinski definition) is 5. The number of carboxylic acid groups (broad SMARTS) is 1. The van der Waals surface area contributed by atoms with Gasteiger partial charge in [-0.2, -0.15) is 0 Å². The number of benzene rings is 6. The number of hydrogen-bond acceptors (Lipinski definition) is 12. The van der Waals surface area contributed by atoms with Crippen LogP contribution in [0, 0.1) is 17.8 Å². The first-order valence-electron chi connectivity index (χ1n) is 30.1. The highest BCUT2D eigenvalue weighted by atomic mass is 32.1. The number of amides is 4. The molecule has 3 aliphatic heterocycles. The van der Waals surface area contributed by atoms with Gasteiger partial charge in [0.2, 0.25) is 11.8 Å². The molecule has 14 nitrogen and oxygen atoms in total. The molecule has 17 heteroatoms. The third-order valence-electron chi connectivity index (χ3n) is 15.3. The Hall–Kier alpha value is -8.87. The fourth-order valence-electron chi connectivity index (χ4n) is 11.0. The number of carboxylic acids is 1. The molecule has 6 aromatic carbocycles. The van der Waals surface area contributed by atoms with Crippen molar-refractivity contribution in [2.45, 2.75) is 70.5 Å². The first-order chi connectivity index (χ1) is 43.2. The lowest BCUT2D eigenvalue weighted by atomic mass is 9.93. The lowest BCUT2D eigenvalue weighted by Gasteiger charge is -2.24. The topological polar surface area (TPSA) is 193 Å². The standard InChI is InChI=1S/C26H28N2O3S.C21H20N2OS.C14H19NO4S.C12H11N/c1-26(2,3)31-25(30)28-16-21(23-13-8-14-32-23)22(17-28)24(29)27-20-12-7-11-19(15-20)18-9-5-4-6-10-18;24-21(19-14-22-13-18(19)20-10-5-11-25-20)23-17-9-4-8-16(12-17)15-6-2-1-3-7-15;1-14(2,3)19-13(18)15-7-9(10(8-15)12(16)17)11-5-4-6-20-11;13-12-8-4-7-11(9-12)10-5-2-1-3-6-10/h4-15,21-22H,16-17H2,1-3H3,(H,27,29);1-12,18-19,22H,13-14H2,(H,23,24);4-6,9-10H,7-8H2,1-3H3,(H,16,17);1-9H,13H2/t21-,22-;18-,19-;9-,10-;/m111./s1. The highest BCUT2D eigenvalue weighted by molar-refractivity contribution is 7.10. The monoisotopic (exact) mass is 1260 g/mol. The summed E-state index contributed by atoms with van der Waals surface area (Å²) in [4.78, 5) is 68.8. The molecular weight excluding hydrogens is 1190 g/mol. The van der Waals surface area contributed by atoms with E-state index in [0.717, 1.165) is 62.2 Å². The van der Waals surface area contributed by atoms with E-state index in [-0.39, 0.29) is 54.0 Å². The fraction of sp³-hybridized carbons (Fsp3) is 0.274. The van der Waals surface area contributed by atoms with Gasteiger partial charge in [0.25, 0.3) is 0 Å². The average molecular weight is 1260 g/mol. The summed E-state index contributed by atoms with van der Waals surface area (Å²) in [6.07, 6.45) is -0.816. The molecule has 466 valence electrons. The van der Waals surface area contributed by atoms with Gasteiger partial charge in [-0.25, -0.2) is 9.59 Å². The number of aliphatic carboxylic acids is 1. The third-order valence-corrected chi connectivity index (χ3v) is 18.4. The number of nitrogens with one attached hydrogen (secondary N) is 3. The summed E-state index contributed by atoms with van der Waals surface area (Å²) in [5.41, 5.74) is 13.7. The molecule has 90 heavy (non-hydrogen) atoms. The van der Waals surface area contributed by atoms with Crippen molar-refractivity contribution in [2.24, 2.45) is 17.8 Å². The van der Waals surface area contributed by atoms with E-state index in [9.17, 15) is 29.1 Å². The molecule has 0 bridgehead atoms. The summed E-state index contributed by atoms with van der Waals surface area (Å²) >= 11 is 4.87. The summed E-state index contributed by atoms with van der Waals surface area (Å²) in [6.45, 7) is 13.9. The van der Waals surface area contributed by atoms with Crippen LogP contribution in [0.15, 0.2) is 216 Å². The fourth-order valence-corrected chi connectivity index (χ4v) is 13.7. The van der Waals surface area contributed by atoms with E-state index in [2.05, 4.69) is 69.9 Å². The average Bonchev–Trinajstić information content (AvgIpc) is 3.88. The first kappa shape index (κ1) is 65.6. The molecule has 9 aromatic rings. The zero-order chi connectivity index (χ0) is 63.8. The summed E-state index contributed by atoms with van der Waals surface area (Å²) in [6, 6.07) is 66.3. The Bertz CT molecular complexity index is 3760. The Kier molecular flexibility index (Phi) is 22.3. The van der Waals surface area contributed by atoms with Crippen LogP contribution in [0.3, 0.4) is 0 Å². The van der Waals surface area contributed by atoms with Gasteiger partial charge >= 0.3 is 18.2 Å². The van der Waals surface area contributed by atoms with E-state index >= 15 is 0 Å². The summed E-state index contributed by atoms with van der Waals surface area (Å²) in [5.74, 6) is -1.75. The lowest BCUT2D eigenvalue weighted by Crippen LogP contribution is -2.36. The van der Waals surface area contributed by atoms with Crippen LogP contribution >= 0.6 is 34.0 Å². The maximum atomic E-state index is 13.3. The van der Waals surface area contributed by atoms with Crippen LogP contribution in [0.5, 0.6) is 0 Å². The summed E-state index contributed by atoms with van der Waals surface area (Å²) in [7, 11) is 0. The molecule has 0 aliphatic carbocycles. The largest absolute Gasteiger partial charge is 0.481 e. The van der Waals surface area contributed by atoms with Gasteiger partial charge in [0.1, 0.15) is 11.2 Å². The molecule has 0 saturated carbocycles. The quantitative estimate of drug-likeness (QED) is 0.0779. The Balaban J connectivity index is 0.000000149. The number of nitrogens with two attached hydrogens (primary N) is 1. The predicted molar refractivity (Wildman–Crippen MR) is 365 cm³/mol. The number of carbonyl (C=O) groups is 5. The number of likely N-dealkylation sites (tertiary alicyclic amines) is 2. The van der Waals surface area contributed by atoms with E-state index in [1.165, 1.54) is 32.2 Å². The Labute approximate surface area is 539 Å². The first-order valence-corrected chi connectivity index (χ1v) is 32.7. The van der Waals surface area contributed by atoms with Gasteiger partial charge < -0.3 is 46.1 Å². The van der Waals surface area contributed by atoms with Crippen molar-refractivity contribution >= 4 is 81.0 Å². The number of thiophene rings is 3. The number of rotatable bonds is 11. The van der Waals surface area contributed by atoms with Gasteiger partial charge in [-0.05, 0) is 146 Å². The van der Waals surface area contributed by atoms with Crippen molar-refractivity contribution in [3.8, 4) is 33.4 Å². The van der Waals surface area contributed by atoms with E-state index in [1.54, 1.807) is 48.3 Å². The van der Waals surface area contributed by atoms with Crippen LogP contribution < -0.4 is 21.7 Å². The summed E-state index contributed by atoms with van der Waals surface area (Å²) < 4.78 is 10.9. The lowest BCUT2D eigenvalue weighted by molar-refractivity contribution is -0.141. The SMILES string of the molecule is CC(C)(C)OC(=O)N1C[C@@H](C(=O)Nc2cccc(-c3ccccc3)c2)[C@H](c2cccs2)C1.CC(C)(C)OC(=O)N1C[C@@H](C(=O)O)[C@H](c2cccs2)C1.Nc1cccc(-c2ccccc2)c1.O=C(Nc1cccc(-c2ccccc2)c1)[C@@H]1CNC[C@H]1c1cccs1. The smallest absolute Gasteiger partial charge is 0.410 e. The van der Waals surface area contributed by atoms with Gasteiger partial charge in [0, 0.05) is 88.7 Å². The minimum atomic E-state index is -0.866. The van der Waals surface area contributed by atoms with E-state index in [4.69, 9.17) is 15.2 Å². The molecule has 6 heterocycles. The molecule has 4 amide bonds. The Morgan fingerprint density at radius 2 is 0.822 bits per heavy atom. The molecular formula is C73H78N6O8S3. The van der Waals surface area contributed by atoms with Gasteiger partial charge in [-0.1, -0.05) is 146 Å². The van der Waals surface area contributed by atoms with E-state index in [0.29, 0.717) is 19.6 Å². The van der Waals surface area contributed by atoms with Gasteiger partial charge in [0.05, 0.1) is 17.8 Å². The number of ether oxygens (including phenoxy) is 2. The number of nitrogen functional groups attached to an aromatic ring is 1. The van der Waals surface area contributed by atoms with Crippen molar-refractivity contribution in [3.05, 3.63) is 231 Å². The Morgan fingerprint density at radius 1 is 0.444 bits per heavy atom. The van der Waals surface area contributed by atoms with Crippen LogP contribution in [0.1, 0.15) is 73.9 Å². The van der Waals surface area contributed by atoms with Crippen molar-refractivity contribution in [3.63, 3.8) is 0 Å². The molecule has 3 aromatic heterocycles. The molecule has 3 saturated heterocycles. The Morgan fingerprint density at radius 3 is 1.22 bits per heavy atom. The molecule has 6 N–H and O–H groups in total. The van der Waals surface area contributed by atoms with Crippen molar-refractivity contribution in [1.29, 1.82) is 0 Å². The zero-order valence-electron chi connectivity index (χ0n) is 51.5. The minimum Gasteiger partial charge on any atom is -0.481 e. The number of anilines is 3. The second-order valence-electron chi connectivity index (χ2n) is 24.3. The van der Waals surface area contributed by atoms with Crippen molar-refractivity contribution < 1.29 is 38.6 Å². The van der Waals surface area contributed by atoms with Crippen molar-refractivity contribution in [2.75, 3.05) is 55.6 Å². The highest BCUT2D eigenvalue weighted by Crippen LogP contribution is 2.39. The molecule has 6 atom stereocenters. The molecule has 0 unspecified atom stereocenters. The number of nitrogens with zero attached hydrogens (tertiary/aromatic N) is 2. The van der Waals surface area contributed by atoms with Crippen molar-refractivity contribution in [1.82, 2.24) is 15.1 Å². The predicted octanol–water partition coefficient (Wildman–Crippen LogP) is 16.1. The van der Waals surface area contributed by atoms with E-state index in [1.807, 2.05) is 183 Å². The minimum absolute atomic E-state index is 0.0287.